The largest absolute Gasteiger partial charge is 0.504 e. The molecular weight excluding hydrogens is 476 g/mol. The van der Waals surface area contributed by atoms with Crippen molar-refractivity contribution in [2.75, 3.05) is 19.8 Å². The Morgan fingerprint density at radius 3 is 2.38 bits per heavy atom. The van der Waals surface area contributed by atoms with E-state index in [0.29, 0.717) is 54.4 Å². The van der Waals surface area contributed by atoms with E-state index in [-0.39, 0.29) is 23.6 Å². The molecule has 0 aliphatic carbocycles. The number of barbiturate groups is 1. The topological polar surface area (TPSA) is 114 Å². The summed E-state index contributed by atoms with van der Waals surface area (Å²) in [7, 11) is 0. The SMILES string of the molecule is C=CCc1cc(/C=C2\C(=O)NC(=O)N(Cc3ccc(OCCC)c(OCC)c3)C2=O)cc(OCC)c1O. The molecule has 3 rings (SSSR count). The van der Waals surface area contributed by atoms with Gasteiger partial charge in [-0.25, -0.2) is 4.79 Å². The van der Waals surface area contributed by atoms with Crippen LogP contribution >= 0.6 is 0 Å². The Hall–Kier alpha value is -4.27. The molecule has 2 aromatic rings. The first kappa shape index (κ1) is 27.3. The Balaban J connectivity index is 1.93. The van der Waals surface area contributed by atoms with Crippen LogP contribution in [-0.4, -0.2) is 47.7 Å². The lowest BCUT2D eigenvalue weighted by Crippen LogP contribution is -2.53. The molecular formula is C28H32N2O7. The lowest BCUT2D eigenvalue weighted by molar-refractivity contribution is -0.130. The van der Waals surface area contributed by atoms with Crippen LogP contribution in [-0.2, 0) is 22.6 Å². The van der Waals surface area contributed by atoms with E-state index in [1.165, 1.54) is 12.1 Å². The zero-order chi connectivity index (χ0) is 26.9. The fraction of sp³-hybridized carbons (Fsp3) is 0.321. The summed E-state index contributed by atoms with van der Waals surface area (Å²) in [6, 6.07) is 7.54. The molecule has 196 valence electrons. The average Bonchev–Trinajstić information content (AvgIpc) is 2.87. The molecule has 0 bridgehead atoms. The quantitative estimate of drug-likeness (QED) is 0.249. The number of phenols is 1. The van der Waals surface area contributed by atoms with Gasteiger partial charge < -0.3 is 19.3 Å². The summed E-state index contributed by atoms with van der Waals surface area (Å²) >= 11 is 0. The number of phenolic OH excluding ortho intramolecular Hbond substituents is 1. The first-order valence-electron chi connectivity index (χ1n) is 12.2. The normalized spacial score (nSPS) is 14.5. The van der Waals surface area contributed by atoms with Gasteiger partial charge >= 0.3 is 6.03 Å². The minimum atomic E-state index is -0.815. The van der Waals surface area contributed by atoms with Gasteiger partial charge in [-0.2, -0.15) is 0 Å². The van der Waals surface area contributed by atoms with Crippen LogP contribution in [0.3, 0.4) is 0 Å². The minimum Gasteiger partial charge on any atom is -0.504 e. The summed E-state index contributed by atoms with van der Waals surface area (Å²) in [6.45, 7) is 10.5. The number of urea groups is 1. The van der Waals surface area contributed by atoms with Gasteiger partial charge in [-0.3, -0.25) is 19.8 Å². The monoisotopic (exact) mass is 508 g/mol. The van der Waals surface area contributed by atoms with Gasteiger partial charge in [0.15, 0.2) is 23.0 Å². The second-order valence-electron chi connectivity index (χ2n) is 8.22. The van der Waals surface area contributed by atoms with Crippen molar-refractivity contribution in [1.29, 1.82) is 0 Å². The van der Waals surface area contributed by atoms with Crippen LogP contribution in [0.5, 0.6) is 23.0 Å². The number of benzene rings is 2. The Bertz CT molecular complexity index is 1220. The maximum atomic E-state index is 13.3. The van der Waals surface area contributed by atoms with E-state index in [4.69, 9.17) is 14.2 Å². The Morgan fingerprint density at radius 1 is 0.973 bits per heavy atom. The molecule has 0 radical (unpaired) electrons. The molecule has 1 saturated heterocycles. The minimum absolute atomic E-state index is 0.0309. The van der Waals surface area contributed by atoms with E-state index < -0.39 is 17.8 Å². The van der Waals surface area contributed by atoms with Crippen LogP contribution < -0.4 is 19.5 Å². The van der Waals surface area contributed by atoms with Crippen molar-refractivity contribution in [2.45, 2.75) is 40.2 Å². The van der Waals surface area contributed by atoms with E-state index in [1.807, 2.05) is 13.8 Å². The maximum Gasteiger partial charge on any atom is 0.331 e. The van der Waals surface area contributed by atoms with Crippen LogP contribution in [0.15, 0.2) is 48.6 Å². The number of carbonyl (C=O) groups is 3. The Kier molecular flexibility index (Phi) is 9.32. The number of nitrogens with zero attached hydrogens (tertiary/aromatic N) is 1. The van der Waals surface area contributed by atoms with Gasteiger partial charge in [0, 0.05) is 5.56 Å². The van der Waals surface area contributed by atoms with Crippen LogP contribution in [0, 0.1) is 0 Å². The molecule has 1 aliphatic heterocycles. The van der Waals surface area contributed by atoms with E-state index in [1.54, 1.807) is 37.3 Å². The number of aromatic hydroxyl groups is 1. The standard InChI is InChI=1S/C28H32N2O7/c1-5-9-20-13-19(16-24(25(20)31)36-8-4)14-21-26(32)29-28(34)30(27(21)33)17-18-10-11-22(37-12-6-2)23(15-18)35-7-3/h5,10-11,13-16,31H,1,6-9,12,17H2,2-4H3,(H,29,32,34)/b21-14+. The predicted octanol–water partition coefficient (Wildman–Crippen LogP) is 4.37. The summed E-state index contributed by atoms with van der Waals surface area (Å²) in [5.41, 5.74) is 1.39. The van der Waals surface area contributed by atoms with Crippen molar-refractivity contribution in [3.8, 4) is 23.0 Å². The zero-order valence-electron chi connectivity index (χ0n) is 21.3. The molecule has 2 N–H and O–H groups in total. The van der Waals surface area contributed by atoms with Crippen molar-refractivity contribution < 1.29 is 33.7 Å². The molecule has 9 nitrogen and oxygen atoms in total. The molecule has 0 spiro atoms. The zero-order valence-corrected chi connectivity index (χ0v) is 21.3. The number of imide groups is 2. The molecule has 4 amide bonds. The molecule has 9 heteroatoms. The highest BCUT2D eigenvalue weighted by Gasteiger charge is 2.36. The first-order chi connectivity index (χ1) is 17.8. The fourth-order valence-electron chi connectivity index (χ4n) is 3.79. The van der Waals surface area contributed by atoms with Gasteiger partial charge in [-0.1, -0.05) is 19.1 Å². The van der Waals surface area contributed by atoms with Gasteiger partial charge in [0.25, 0.3) is 11.8 Å². The number of amides is 4. The van der Waals surface area contributed by atoms with Crippen molar-refractivity contribution in [1.82, 2.24) is 10.2 Å². The molecule has 1 heterocycles. The number of hydrogen-bond acceptors (Lipinski definition) is 7. The highest BCUT2D eigenvalue weighted by Crippen LogP contribution is 2.34. The number of ether oxygens (including phenoxy) is 3. The number of allylic oxidation sites excluding steroid dienone is 1. The van der Waals surface area contributed by atoms with Crippen LogP contribution in [0.1, 0.15) is 43.9 Å². The van der Waals surface area contributed by atoms with Crippen LogP contribution in [0.2, 0.25) is 0 Å². The summed E-state index contributed by atoms with van der Waals surface area (Å²) < 4.78 is 16.9. The van der Waals surface area contributed by atoms with Crippen molar-refractivity contribution >= 4 is 23.9 Å². The summed E-state index contributed by atoms with van der Waals surface area (Å²) in [5, 5.41) is 12.7. The molecule has 37 heavy (non-hydrogen) atoms. The third kappa shape index (κ3) is 6.49. The number of carbonyl (C=O) groups excluding carboxylic acids is 3. The van der Waals surface area contributed by atoms with Crippen molar-refractivity contribution in [3.63, 3.8) is 0 Å². The summed E-state index contributed by atoms with van der Waals surface area (Å²) in [5.74, 6) is -0.274. The molecule has 0 atom stereocenters. The van der Waals surface area contributed by atoms with Gasteiger partial charge in [-0.05, 0) is 68.2 Å². The Labute approximate surface area is 216 Å². The third-order valence-corrected chi connectivity index (χ3v) is 5.45. The molecule has 1 aliphatic rings. The van der Waals surface area contributed by atoms with Crippen molar-refractivity contribution in [3.05, 3.63) is 65.3 Å². The summed E-state index contributed by atoms with van der Waals surface area (Å²) in [6.07, 6.45) is 4.18. The van der Waals surface area contributed by atoms with Crippen LogP contribution in [0.25, 0.3) is 6.08 Å². The third-order valence-electron chi connectivity index (χ3n) is 5.45. The molecule has 1 fully saturated rings. The highest BCUT2D eigenvalue weighted by atomic mass is 16.5. The fourth-order valence-corrected chi connectivity index (χ4v) is 3.79. The van der Waals surface area contributed by atoms with E-state index in [0.717, 1.165) is 11.3 Å². The summed E-state index contributed by atoms with van der Waals surface area (Å²) in [4.78, 5) is 39.4. The number of hydrogen-bond donors (Lipinski definition) is 2. The van der Waals surface area contributed by atoms with Gasteiger partial charge in [0.2, 0.25) is 0 Å². The van der Waals surface area contributed by atoms with E-state index in [2.05, 4.69) is 11.9 Å². The second-order valence-corrected chi connectivity index (χ2v) is 8.22. The lowest BCUT2D eigenvalue weighted by Gasteiger charge is -2.26. The van der Waals surface area contributed by atoms with Crippen molar-refractivity contribution in [2.24, 2.45) is 0 Å². The highest BCUT2D eigenvalue weighted by molar-refractivity contribution is 6.31. The smallest absolute Gasteiger partial charge is 0.331 e. The predicted molar refractivity (Wildman–Crippen MR) is 139 cm³/mol. The van der Waals surface area contributed by atoms with Gasteiger partial charge in [0.05, 0.1) is 26.4 Å². The first-order valence-corrected chi connectivity index (χ1v) is 12.2. The maximum absolute atomic E-state index is 13.3. The Morgan fingerprint density at radius 2 is 1.70 bits per heavy atom. The number of rotatable bonds is 12. The molecule has 0 aromatic heterocycles. The molecule has 2 aromatic carbocycles. The van der Waals surface area contributed by atoms with Gasteiger partial charge in [-0.15, -0.1) is 6.58 Å². The lowest BCUT2D eigenvalue weighted by atomic mass is 10.0. The number of nitrogens with one attached hydrogen (secondary N) is 1. The molecule has 0 unspecified atom stereocenters. The average molecular weight is 509 g/mol. The second kappa shape index (κ2) is 12.6. The van der Waals surface area contributed by atoms with E-state index >= 15 is 0 Å². The molecule has 0 saturated carbocycles. The van der Waals surface area contributed by atoms with Crippen LogP contribution in [0.4, 0.5) is 4.79 Å². The van der Waals surface area contributed by atoms with Gasteiger partial charge in [0.1, 0.15) is 5.57 Å². The van der Waals surface area contributed by atoms with E-state index in [9.17, 15) is 19.5 Å².